The van der Waals surface area contributed by atoms with Crippen LogP contribution in [0.3, 0.4) is 0 Å². The van der Waals surface area contributed by atoms with Crippen molar-refractivity contribution >= 4 is 27.5 Å². The van der Waals surface area contributed by atoms with Crippen LogP contribution in [0.5, 0.6) is 0 Å². The van der Waals surface area contributed by atoms with Gasteiger partial charge in [0.15, 0.2) is 4.80 Å². The number of fused-ring (bicyclic) bond motifs is 1. The zero-order chi connectivity index (χ0) is 13.3. The summed E-state index contributed by atoms with van der Waals surface area (Å²) in [7, 11) is 0. The van der Waals surface area contributed by atoms with Crippen molar-refractivity contribution in [1.29, 1.82) is 0 Å². The molecule has 0 saturated heterocycles. The maximum atomic E-state index is 11.2. The van der Waals surface area contributed by atoms with Crippen molar-refractivity contribution in [3.8, 4) is 0 Å². The number of nitrogens with zero attached hydrogens (tertiary/aromatic N) is 2. The van der Waals surface area contributed by atoms with Gasteiger partial charge in [-0.05, 0) is 37.1 Å². The molecule has 0 radical (unpaired) electrons. The third kappa shape index (κ3) is 2.29. The van der Waals surface area contributed by atoms with Crippen molar-refractivity contribution in [3.05, 3.63) is 40.7 Å². The van der Waals surface area contributed by atoms with Gasteiger partial charge >= 0.3 is 0 Å². The Morgan fingerprint density at radius 2 is 2.11 bits per heavy atom. The fourth-order valence-electron chi connectivity index (χ4n) is 1.85. The molecule has 1 aromatic carbocycles. The van der Waals surface area contributed by atoms with Crippen LogP contribution in [0.4, 0.5) is 0 Å². The van der Waals surface area contributed by atoms with E-state index < -0.39 is 0 Å². The summed E-state index contributed by atoms with van der Waals surface area (Å²) in [6.07, 6.45) is 1.82. The number of carbonyl (C=O) groups is 1. The van der Waals surface area contributed by atoms with Gasteiger partial charge < -0.3 is 4.57 Å². The Morgan fingerprint density at radius 3 is 2.72 bits per heavy atom. The Kier molecular flexibility index (Phi) is 3.48. The van der Waals surface area contributed by atoms with E-state index in [1.165, 1.54) is 18.1 Å². The highest BCUT2D eigenvalue weighted by Crippen LogP contribution is 2.21. The van der Waals surface area contributed by atoms with Gasteiger partial charge in [0.1, 0.15) is 0 Å². The first kappa shape index (κ1) is 12.8. The third-order valence-electron chi connectivity index (χ3n) is 2.86. The standard InChI is InChI=1S/C14H16N2OS/c1-5-6-16-12-7-9(2)10(3)8-13(12)18-14(16)15-11(4)17/h5,7-8H,1,6H2,2-4H3. The summed E-state index contributed by atoms with van der Waals surface area (Å²) in [5.74, 6) is -0.173. The molecule has 1 amide bonds. The van der Waals surface area contributed by atoms with E-state index in [1.807, 2.05) is 10.6 Å². The number of benzene rings is 1. The van der Waals surface area contributed by atoms with Crippen molar-refractivity contribution in [3.63, 3.8) is 0 Å². The van der Waals surface area contributed by atoms with Gasteiger partial charge in [-0.2, -0.15) is 4.99 Å². The van der Waals surface area contributed by atoms with Crippen molar-refractivity contribution in [1.82, 2.24) is 4.57 Å². The van der Waals surface area contributed by atoms with Crippen LogP contribution < -0.4 is 4.80 Å². The number of aromatic nitrogens is 1. The lowest BCUT2D eigenvalue weighted by molar-refractivity contribution is -0.116. The van der Waals surface area contributed by atoms with Crippen LogP contribution in [-0.4, -0.2) is 10.5 Å². The normalized spacial score (nSPS) is 12.1. The van der Waals surface area contributed by atoms with E-state index in [2.05, 4.69) is 37.6 Å². The molecule has 0 aliphatic rings. The maximum absolute atomic E-state index is 11.2. The summed E-state index contributed by atoms with van der Waals surface area (Å²) in [5.41, 5.74) is 3.61. The average molecular weight is 260 g/mol. The van der Waals surface area contributed by atoms with Gasteiger partial charge in [0.25, 0.3) is 0 Å². The zero-order valence-electron chi connectivity index (χ0n) is 10.9. The van der Waals surface area contributed by atoms with Crippen LogP contribution >= 0.6 is 11.3 Å². The fourth-order valence-corrected chi connectivity index (χ4v) is 3.01. The van der Waals surface area contributed by atoms with E-state index in [0.29, 0.717) is 6.54 Å². The molecule has 0 unspecified atom stereocenters. The van der Waals surface area contributed by atoms with E-state index in [4.69, 9.17) is 0 Å². The summed E-state index contributed by atoms with van der Waals surface area (Å²) in [6.45, 7) is 10.1. The lowest BCUT2D eigenvalue weighted by atomic mass is 10.1. The number of carbonyl (C=O) groups excluding carboxylic acids is 1. The van der Waals surface area contributed by atoms with Gasteiger partial charge in [-0.15, -0.1) is 6.58 Å². The molecule has 1 aromatic heterocycles. The third-order valence-corrected chi connectivity index (χ3v) is 3.90. The Morgan fingerprint density at radius 1 is 1.44 bits per heavy atom. The highest BCUT2D eigenvalue weighted by atomic mass is 32.1. The van der Waals surface area contributed by atoms with Gasteiger partial charge in [0, 0.05) is 13.5 Å². The number of rotatable bonds is 2. The van der Waals surface area contributed by atoms with E-state index in [9.17, 15) is 4.79 Å². The Labute approximate surface area is 110 Å². The smallest absolute Gasteiger partial charge is 0.245 e. The van der Waals surface area contributed by atoms with Gasteiger partial charge in [0.05, 0.1) is 10.2 Å². The minimum atomic E-state index is -0.173. The number of hydrogen-bond donors (Lipinski definition) is 0. The number of thiazole rings is 1. The monoisotopic (exact) mass is 260 g/mol. The van der Waals surface area contributed by atoms with Gasteiger partial charge in [-0.1, -0.05) is 17.4 Å². The predicted molar refractivity (Wildman–Crippen MR) is 75.7 cm³/mol. The molecule has 0 aliphatic carbocycles. The lowest BCUT2D eigenvalue weighted by Gasteiger charge is -2.03. The molecule has 4 heteroatoms. The summed E-state index contributed by atoms with van der Waals surface area (Å²) in [4.78, 5) is 16.0. The topological polar surface area (TPSA) is 34.4 Å². The van der Waals surface area contributed by atoms with Crippen LogP contribution in [0, 0.1) is 13.8 Å². The molecule has 2 rings (SSSR count). The molecule has 0 aliphatic heterocycles. The Bertz CT molecular complexity index is 692. The molecule has 3 nitrogen and oxygen atoms in total. The van der Waals surface area contributed by atoms with Crippen molar-refractivity contribution in [2.24, 2.45) is 4.99 Å². The maximum Gasteiger partial charge on any atom is 0.245 e. The van der Waals surface area contributed by atoms with E-state index in [-0.39, 0.29) is 5.91 Å². The first-order chi connectivity index (χ1) is 8.52. The molecule has 1 heterocycles. The van der Waals surface area contributed by atoms with Crippen LogP contribution in [-0.2, 0) is 11.3 Å². The quantitative estimate of drug-likeness (QED) is 0.764. The van der Waals surface area contributed by atoms with E-state index in [0.717, 1.165) is 15.0 Å². The second kappa shape index (κ2) is 4.90. The molecule has 0 bridgehead atoms. The van der Waals surface area contributed by atoms with Crippen molar-refractivity contribution in [2.45, 2.75) is 27.3 Å². The fraction of sp³-hybridized carbons (Fsp3) is 0.286. The number of amides is 1. The van der Waals surface area contributed by atoms with E-state index in [1.54, 1.807) is 11.3 Å². The minimum Gasteiger partial charge on any atom is -0.312 e. The van der Waals surface area contributed by atoms with Crippen LogP contribution in [0.2, 0.25) is 0 Å². The molecular weight excluding hydrogens is 244 g/mol. The van der Waals surface area contributed by atoms with Crippen LogP contribution in [0.15, 0.2) is 29.8 Å². The van der Waals surface area contributed by atoms with Crippen LogP contribution in [0.1, 0.15) is 18.1 Å². The number of aryl methyl sites for hydroxylation is 2. The van der Waals surface area contributed by atoms with Gasteiger partial charge in [-0.25, -0.2) is 0 Å². The molecule has 2 aromatic rings. The predicted octanol–water partition coefficient (Wildman–Crippen LogP) is 2.95. The summed E-state index contributed by atoms with van der Waals surface area (Å²) < 4.78 is 3.18. The SMILES string of the molecule is C=CCn1c(=NC(C)=O)sc2cc(C)c(C)cc21. The van der Waals surface area contributed by atoms with Gasteiger partial charge in [-0.3, -0.25) is 4.79 Å². The first-order valence-electron chi connectivity index (χ1n) is 5.79. The zero-order valence-corrected chi connectivity index (χ0v) is 11.7. The molecule has 0 N–H and O–H groups in total. The molecule has 0 spiro atoms. The number of hydrogen-bond acceptors (Lipinski definition) is 2. The minimum absolute atomic E-state index is 0.173. The van der Waals surface area contributed by atoms with Crippen molar-refractivity contribution < 1.29 is 4.79 Å². The number of allylic oxidation sites excluding steroid dienone is 1. The molecule has 0 fully saturated rings. The van der Waals surface area contributed by atoms with E-state index >= 15 is 0 Å². The summed E-state index contributed by atoms with van der Waals surface area (Å²) in [5, 5.41) is 0. The van der Waals surface area contributed by atoms with Gasteiger partial charge in [0.2, 0.25) is 5.91 Å². The molecular formula is C14H16N2OS. The largest absolute Gasteiger partial charge is 0.312 e. The molecule has 18 heavy (non-hydrogen) atoms. The second-order valence-corrected chi connectivity index (χ2v) is 5.33. The lowest BCUT2D eigenvalue weighted by Crippen LogP contribution is -2.15. The highest BCUT2D eigenvalue weighted by molar-refractivity contribution is 7.16. The average Bonchev–Trinajstić information content (AvgIpc) is 2.58. The molecule has 0 saturated carbocycles. The second-order valence-electron chi connectivity index (χ2n) is 4.32. The van der Waals surface area contributed by atoms with Crippen LogP contribution in [0.25, 0.3) is 10.2 Å². The summed E-state index contributed by atoms with van der Waals surface area (Å²) >= 11 is 1.54. The Hall–Kier alpha value is -1.68. The highest BCUT2D eigenvalue weighted by Gasteiger charge is 2.07. The Balaban J connectivity index is 2.83. The molecule has 94 valence electrons. The first-order valence-corrected chi connectivity index (χ1v) is 6.61. The molecule has 0 atom stereocenters. The summed E-state index contributed by atoms with van der Waals surface area (Å²) in [6, 6.07) is 4.29. The van der Waals surface area contributed by atoms with Crippen molar-refractivity contribution in [2.75, 3.05) is 0 Å².